The second-order valence-corrected chi connectivity index (χ2v) is 5.73. The van der Waals surface area contributed by atoms with Crippen molar-refractivity contribution in [2.24, 2.45) is 0 Å². The van der Waals surface area contributed by atoms with Gasteiger partial charge in [0.15, 0.2) is 0 Å². The van der Waals surface area contributed by atoms with Crippen molar-refractivity contribution >= 4 is 11.6 Å². The fraction of sp³-hybridized carbons (Fsp3) is 0.750. The molecule has 20 heavy (non-hydrogen) atoms. The zero-order valence-electron chi connectivity index (χ0n) is 13.2. The molecule has 112 valence electrons. The molecule has 4 heteroatoms. The van der Waals surface area contributed by atoms with Crippen molar-refractivity contribution in [2.75, 3.05) is 23.3 Å². The molecular formula is C16H28N4. The van der Waals surface area contributed by atoms with E-state index >= 15 is 0 Å². The largest absolute Gasteiger partial charge is 0.370 e. The zero-order chi connectivity index (χ0) is 14.4. The summed E-state index contributed by atoms with van der Waals surface area (Å²) < 4.78 is 0. The minimum absolute atomic E-state index is 0.654. The van der Waals surface area contributed by atoms with Gasteiger partial charge in [-0.1, -0.05) is 20.3 Å². The molecule has 0 spiro atoms. The first-order chi connectivity index (χ1) is 9.77. The van der Waals surface area contributed by atoms with Crippen molar-refractivity contribution in [3.8, 4) is 0 Å². The standard InChI is InChI=1S/C16H28N4/c1-4-8-14-9-6-7-11-20(14)16-13(3)15(17-10-5-2)18-12-19-16/h12,14H,4-11H2,1-3H3,(H,17,18,19). The predicted molar refractivity (Wildman–Crippen MR) is 85.4 cm³/mol. The molecule has 0 radical (unpaired) electrons. The van der Waals surface area contributed by atoms with Gasteiger partial charge in [-0.25, -0.2) is 9.97 Å². The summed E-state index contributed by atoms with van der Waals surface area (Å²) in [5.41, 5.74) is 1.20. The highest BCUT2D eigenvalue weighted by Crippen LogP contribution is 2.30. The van der Waals surface area contributed by atoms with Gasteiger partial charge in [0.05, 0.1) is 0 Å². The van der Waals surface area contributed by atoms with Crippen LogP contribution in [0.1, 0.15) is 57.9 Å². The lowest BCUT2D eigenvalue weighted by molar-refractivity contribution is 0.431. The van der Waals surface area contributed by atoms with Crippen LogP contribution >= 0.6 is 0 Å². The van der Waals surface area contributed by atoms with Gasteiger partial charge in [-0.3, -0.25) is 0 Å². The molecule has 1 saturated heterocycles. The van der Waals surface area contributed by atoms with Crippen LogP contribution in [0.3, 0.4) is 0 Å². The van der Waals surface area contributed by atoms with Crippen LogP contribution in [0.2, 0.25) is 0 Å². The first-order valence-corrected chi connectivity index (χ1v) is 8.10. The van der Waals surface area contributed by atoms with Crippen LogP contribution in [0.15, 0.2) is 6.33 Å². The third-order valence-corrected chi connectivity index (χ3v) is 4.12. The molecule has 1 N–H and O–H groups in total. The number of piperidine rings is 1. The van der Waals surface area contributed by atoms with Gasteiger partial charge in [0, 0.05) is 24.7 Å². The molecule has 0 amide bonds. The Balaban J connectivity index is 2.21. The highest BCUT2D eigenvalue weighted by Gasteiger charge is 2.24. The third-order valence-electron chi connectivity index (χ3n) is 4.12. The molecule has 4 nitrogen and oxygen atoms in total. The van der Waals surface area contributed by atoms with E-state index in [0.717, 1.165) is 31.1 Å². The molecule has 1 aliphatic heterocycles. The lowest BCUT2D eigenvalue weighted by Crippen LogP contribution is -2.40. The molecule has 1 unspecified atom stereocenters. The Hall–Kier alpha value is -1.32. The van der Waals surface area contributed by atoms with E-state index in [2.05, 4.69) is 41.0 Å². The predicted octanol–water partition coefficient (Wildman–Crippen LogP) is 3.77. The number of nitrogens with one attached hydrogen (secondary N) is 1. The molecule has 2 rings (SSSR count). The zero-order valence-corrected chi connectivity index (χ0v) is 13.2. The Kier molecular flexibility index (Phi) is 5.62. The van der Waals surface area contributed by atoms with Gasteiger partial charge < -0.3 is 10.2 Å². The molecule has 0 aliphatic carbocycles. The summed E-state index contributed by atoms with van der Waals surface area (Å²) in [6.07, 6.45) is 9.26. The first-order valence-electron chi connectivity index (χ1n) is 8.10. The van der Waals surface area contributed by atoms with Crippen LogP contribution in [0, 0.1) is 6.92 Å². The second-order valence-electron chi connectivity index (χ2n) is 5.73. The average Bonchev–Trinajstić information content (AvgIpc) is 2.47. The number of aromatic nitrogens is 2. The quantitative estimate of drug-likeness (QED) is 0.859. The van der Waals surface area contributed by atoms with Crippen molar-refractivity contribution in [3.05, 3.63) is 11.9 Å². The summed E-state index contributed by atoms with van der Waals surface area (Å²) in [4.78, 5) is 11.5. The van der Waals surface area contributed by atoms with E-state index in [9.17, 15) is 0 Å². The maximum atomic E-state index is 4.58. The topological polar surface area (TPSA) is 41.1 Å². The van der Waals surface area contributed by atoms with Gasteiger partial charge in [-0.05, 0) is 39.0 Å². The summed E-state index contributed by atoms with van der Waals surface area (Å²) in [5, 5.41) is 3.41. The van der Waals surface area contributed by atoms with Crippen LogP contribution in [-0.4, -0.2) is 29.1 Å². The maximum absolute atomic E-state index is 4.58. The summed E-state index contributed by atoms with van der Waals surface area (Å²) in [6, 6.07) is 0.654. The van der Waals surface area contributed by atoms with Gasteiger partial charge in [0.1, 0.15) is 18.0 Å². The number of hydrogen-bond donors (Lipinski definition) is 1. The molecule has 0 bridgehead atoms. The molecular weight excluding hydrogens is 248 g/mol. The van der Waals surface area contributed by atoms with E-state index in [1.165, 1.54) is 37.7 Å². The molecule has 0 aromatic carbocycles. The van der Waals surface area contributed by atoms with Crippen molar-refractivity contribution in [2.45, 2.75) is 65.3 Å². The van der Waals surface area contributed by atoms with Crippen molar-refractivity contribution < 1.29 is 0 Å². The summed E-state index contributed by atoms with van der Waals surface area (Å²) in [7, 11) is 0. The van der Waals surface area contributed by atoms with Gasteiger partial charge in [-0.2, -0.15) is 0 Å². The van der Waals surface area contributed by atoms with Gasteiger partial charge in [-0.15, -0.1) is 0 Å². The van der Waals surface area contributed by atoms with E-state index < -0.39 is 0 Å². The van der Waals surface area contributed by atoms with Gasteiger partial charge in [0.2, 0.25) is 0 Å². The summed E-state index contributed by atoms with van der Waals surface area (Å²) in [6.45, 7) is 8.69. The smallest absolute Gasteiger partial charge is 0.137 e. The first kappa shape index (κ1) is 15.1. The van der Waals surface area contributed by atoms with E-state index in [1.807, 2.05) is 0 Å². The van der Waals surface area contributed by atoms with Crippen molar-refractivity contribution in [1.82, 2.24) is 9.97 Å². The summed E-state index contributed by atoms with van der Waals surface area (Å²) >= 11 is 0. The Bertz CT molecular complexity index is 417. The molecule has 1 aromatic heterocycles. The third kappa shape index (κ3) is 3.41. The van der Waals surface area contributed by atoms with E-state index in [-0.39, 0.29) is 0 Å². The Morgan fingerprint density at radius 3 is 2.85 bits per heavy atom. The number of rotatable bonds is 6. The molecule has 0 saturated carbocycles. The van der Waals surface area contributed by atoms with Crippen molar-refractivity contribution in [3.63, 3.8) is 0 Å². The van der Waals surface area contributed by atoms with Crippen LogP contribution in [0.25, 0.3) is 0 Å². The highest BCUT2D eigenvalue weighted by atomic mass is 15.2. The number of nitrogens with zero attached hydrogens (tertiary/aromatic N) is 3. The second kappa shape index (κ2) is 7.46. The molecule has 2 heterocycles. The highest BCUT2D eigenvalue weighted by molar-refractivity contribution is 5.58. The summed E-state index contributed by atoms with van der Waals surface area (Å²) in [5.74, 6) is 2.13. The van der Waals surface area contributed by atoms with Crippen molar-refractivity contribution in [1.29, 1.82) is 0 Å². The molecule has 1 aromatic rings. The Morgan fingerprint density at radius 1 is 1.25 bits per heavy atom. The van der Waals surface area contributed by atoms with Gasteiger partial charge >= 0.3 is 0 Å². The molecule has 1 fully saturated rings. The average molecular weight is 276 g/mol. The lowest BCUT2D eigenvalue weighted by atomic mass is 9.98. The fourth-order valence-electron chi connectivity index (χ4n) is 3.06. The minimum atomic E-state index is 0.654. The van der Waals surface area contributed by atoms with E-state index in [1.54, 1.807) is 6.33 Å². The van der Waals surface area contributed by atoms with E-state index in [0.29, 0.717) is 6.04 Å². The maximum Gasteiger partial charge on any atom is 0.137 e. The van der Waals surface area contributed by atoms with Crippen LogP contribution in [-0.2, 0) is 0 Å². The van der Waals surface area contributed by atoms with Gasteiger partial charge in [0.25, 0.3) is 0 Å². The van der Waals surface area contributed by atoms with Crippen LogP contribution in [0.4, 0.5) is 11.6 Å². The van der Waals surface area contributed by atoms with E-state index in [4.69, 9.17) is 0 Å². The number of hydrogen-bond acceptors (Lipinski definition) is 4. The molecule has 1 aliphatic rings. The monoisotopic (exact) mass is 276 g/mol. The normalized spacial score (nSPS) is 19.1. The Labute approximate surface area is 123 Å². The van der Waals surface area contributed by atoms with Crippen LogP contribution in [0.5, 0.6) is 0 Å². The Morgan fingerprint density at radius 2 is 2.10 bits per heavy atom. The fourth-order valence-corrected chi connectivity index (χ4v) is 3.06. The SMILES string of the molecule is CCCNc1ncnc(N2CCCCC2CCC)c1C. The van der Waals surface area contributed by atoms with Crippen LogP contribution < -0.4 is 10.2 Å². The minimum Gasteiger partial charge on any atom is -0.370 e. The lowest BCUT2D eigenvalue weighted by Gasteiger charge is -2.37. The molecule has 1 atom stereocenters. The number of anilines is 2.